The lowest BCUT2D eigenvalue weighted by Gasteiger charge is -2.04. The Morgan fingerprint density at radius 3 is 2.58 bits per heavy atom. The van der Waals surface area contributed by atoms with Crippen molar-refractivity contribution in [3.8, 4) is 0 Å². The largest absolute Gasteiger partial charge is 0.280 e. The van der Waals surface area contributed by atoms with E-state index in [2.05, 4.69) is 4.98 Å². The van der Waals surface area contributed by atoms with E-state index in [1.807, 2.05) is 13.8 Å². The number of hydrogen-bond donors (Lipinski definition) is 0. The predicted molar refractivity (Wildman–Crippen MR) is 43.3 cm³/mol. The smallest absolute Gasteiger partial charge is 0.255 e. The van der Waals surface area contributed by atoms with Crippen LogP contribution in [0, 0.1) is 6.92 Å². The lowest BCUT2D eigenvalue weighted by molar-refractivity contribution is 0.146. The summed E-state index contributed by atoms with van der Waals surface area (Å²) in [5.74, 6) is 0. The third-order valence-corrected chi connectivity index (χ3v) is 1.84. The van der Waals surface area contributed by atoms with E-state index in [0.29, 0.717) is 0 Å². The molecular weight excluding hydrogens is 160 g/mol. The molecule has 0 aromatic carbocycles. The Labute approximate surface area is 70.4 Å². The number of alkyl halides is 2. The van der Waals surface area contributed by atoms with Gasteiger partial charge in [-0.3, -0.25) is 4.98 Å². The van der Waals surface area contributed by atoms with E-state index in [4.69, 9.17) is 0 Å². The molecule has 0 fully saturated rings. The van der Waals surface area contributed by atoms with Crippen molar-refractivity contribution in [2.24, 2.45) is 0 Å². The van der Waals surface area contributed by atoms with E-state index in [1.54, 1.807) is 0 Å². The minimum Gasteiger partial charge on any atom is -0.255 e. The highest BCUT2D eigenvalue weighted by Crippen LogP contribution is 2.18. The number of rotatable bonds is 2. The third-order valence-electron chi connectivity index (χ3n) is 1.84. The fourth-order valence-corrected chi connectivity index (χ4v) is 1.10. The van der Waals surface area contributed by atoms with E-state index < -0.39 is 6.43 Å². The Morgan fingerprint density at radius 1 is 1.50 bits per heavy atom. The molecule has 1 aromatic heterocycles. The van der Waals surface area contributed by atoms with Gasteiger partial charge >= 0.3 is 0 Å². The molecule has 0 unspecified atom stereocenters. The molecule has 3 heteroatoms. The van der Waals surface area contributed by atoms with Crippen LogP contribution in [0.3, 0.4) is 0 Å². The molecule has 1 nitrogen and oxygen atoms in total. The van der Waals surface area contributed by atoms with Crippen LogP contribution in [0.25, 0.3) is 0 Å². The van der Waals surface area contributed by atoms with Crippen LogP contribution in [0.2, 0.25) is 0 Å². The maximum absolute atomic E-state index is 12.1. The Morgan fingerprint density at radius 2 is 2.17 bits per heavy atom. The molecule has 1 rings (SSSR count). The van der Waals surface area contributed by atoms with Gasteiger partial charge in [0.2, 0.25) is 0 Å². The first-order chi connectivity index (χ1) is 5.65. The fraction of sp³-hybridized carbons (Fsp3) is 0.444. The van der Waals surface area contributed by atoms with Gasteiger partial charge in [0, 0.05) is 6.20 Å². The molecule has 0 saturated carbocycles. The van der Waals surface area contributed by atoms with Crippen LogP contribution in [-0.2, 0) is 6.42 Å². The molecule has 0 N–H and O–H groups in total. The Hall–Kier alpha value is -0.990. The van der Waals surface area contributed by atoms with Gasteiger partial charge in [0.15, 0.2) is 0 Å². The van der Waals surface area contributed by atoms with Crippen LogP contribution in [-0.4, -0.2) is 4.98 Å². The molecule has 0 atom stereocenters. The van der Waals surface area contributed by atoms with Crippen LogP contribution in [0.5, 0.6) is 0 Å². The maximum atomic E-state index is 12.1. The van der Waals surface area contributed by atoms with Crippen molar-refractivity contribution in [3.63, 3.8) is 0 Å². The molecule has 0 radical (unpaired) electrons. The van der Waals surface area contributed by atoms with Gasteiger partial charge in [-0.2, -0.15) is 0 Å². The summed E-state index contributed by atoms with van der Waals surface area (Å²) in [6.07, 6.45) is -0.103. The number of nitrogens with zero attached hydrogens (tertiary/aromatic N) is 1. The van der Waals surface area contributed by atoms with Crippen LogP contribution in [0.15, 0.2) is 12.3 Å². The summed E-state index contributed by atoms with van der Waals surface area (Å²) in [6, 6.07) is 1.45. The average molecular weight is 171 g/mol. The number of aromatic nitrogens is 1. The molecule has 0 aliphatic rings. The lowest BCUT2D eigenvalue weighted by Crippen LogP contribution is -1.94. The number of halogens is 2. The van der Waals surface area contributed by atoms with E-state index in [9.17, 15) is 8.78 Å². The van der Waals surface area contributed by atoms with Gasteiger partial charge in [0.1, 0.15) is 5.69 Å². The zero-order valence-corrected chi connectivity index (χ0v) is 7.14. The van der Waals surface area contributed by atoms with Crippen molar-refractivity contribution in [1.82, 2.24) is 4.98 Å². The highest BCUT2D eigenvalue weighted by Gasteiger charge is 2.09. The van der Waals surface area contributed by atoms with E-state index in [1.165, 1.54) is 12.3 Å². The topological polar surface area (TPSA) is 12.9 Å². The SMILES string of the molecule is CCc1cnc(C(F)F)cc1C. The van der Waals surface area contributed by atoms with E-state index in [0.717, 1.165) is 17.5 Å². The highest BCUT2D eigenvalue weighted by atomic mass is 19.3. The molecule has 0 amide bonds. The molecule has 1 aromatic rings. The van der Waals surface area contributed by atoms with Gasteiger partial charge < -0.3 is 0 Å². The summed E-state index contributed by atoms with van der Waals surface area (Å²) in [4.78, 5) is 3.66. The minimum atomic E-state index is -2.46. The maximum Gasteiger partial charge on any atom is 0.280 e. The summed E-state index contributed by atoms with van der Waals surface area (Å²) >= 11 is 0. The quantitative estimate of drug-likeness (QED) is 0.666. The van der Waals surface area contributed by atoms with E-state index in [-0.39, 0.29) is 5.69 Å². The van der Waals surface area contributed by atoms with Gasteiger partial charge in [-0.05, 0) is 30.5 Å². The third kappa shape index (κ3) is 1.78. The lowest BCUT2D eigenvalue weighted by atomic mass is 10.1. The zero-order valence-electron chi connectivity index (χ0n) is 7.14. The summed E-state index contributed by atoms with van der Waals surface area (Å²) in [5.41, 5.74) is 1.78. The highest BCUT2D eigenvalue weighted by molar-refractivity contribution is 5.25. The normalized spacial score (nSPS) is 10.8. The second-order valence-electron chi connectivity index (χ2n) is 2.69. The standard InChI is InChI=1S/C9H11F2N/c1-3-7-5-12-8(9(10)11)4-6(7)2/h4-5,9H,3H2,1-2H3. The molecule has 0 aliphatic carbocycles. The summed E-state index contributed by atoms with van der Waals surface area (Å²) in [5, 5.41) is 0. The number of hydrogen-bond acceptors (Lipinski definition) is 1. The van der Waals surface area contributed by atoms with Crippen LogP contribution in [0.1, 0.15) is 30.2 Å². The van der Waals surface area contributed by atoms with Gasteiger partial charge in [0.25, 0.3) is 6.43 Å². The van der Waals surface area contributed by atoms with Crippen molar-refractivity contribution in [3.05, 3.63) is 29.1 Å². The van der Waals surface area contributed by atoms with Crippen molar-refractivity contribution in [2.75, 3.05) is 0 Å². The molecule has 0 saturated heterocycles. The number of aryl methyl sites for hydroxylation is 2. The molecule has 12 heavy (non-hydrogen) atoms. The monoisotopic (exact) mass is 171 g/mol. The molecule has 0 aliphatic heterocycles. The van der Waals surface area contributed by atoms with Crippen LogP contribution < -0.4 is 0 Å². The molecule has 1 heterocycles. The van der Waals surface area contributed by atoms with Crippen LogP contribution in [0.4, 0.5) is 8.78 Å². The predicted octanol–water partition coefficient (Wildman–Crippen LogP) is 2.89. The Bertz CT molecular complexity index is 271. The van der Waals surface area contributed by atoms with Crippen molar-refractivity contribution in [2.45, 2.75) is 26.7 Å². The molecular formula is C9H11F2N. The first kappa shape index (κ1) is 9.10. The summed E-state index contributed by atoms with van der Waals surface area (Å²) < 4.78 is 24.2. The average Bonchev–Trinajstić information content (AvgIpc) is 2.04. The first-order valence-corrected chi connectivity index (χ1v) is 3.88. The van der Waals surface area contributed by atoms with Crippen molar-refractivity contribution < 1.29 is 8.78 Å². The molecule has 0 bridgehead atoms. The van der Waals surface area contributed by atoms with E-state index >= 15 is 0 Å². The van der Waals surface area contributed by atoms with Gasteiger partial charge in [-0.25, -0.2) is 8.78 Å². The minimum absolute atomic E-state index is 0.135. The van der Waals surface area contributed by atoms with Crippen molar-refractivity contribution >= 4 is 0 Å². The summed E-state index contributed by atoms with van der Waals surface area (Å²) in [6.45, 7) is 3.80. The first-order valence-electron chi connectivity index (χ1n) is 3.88. The second-order valence-corrected chi connectivity index (χ2v) is 2.69. The Balaban J connectivity index is 3.02. The fourth-order valence-electron chi connectivity index (χ4n) is 1.10. The van der Waals surface area contributed by atoms with Crippen molar-refractivity contribution in [1.29, 1.82) is 0 Å². The molecule has 66 valence electrons. The molecule has 0 spiro atoms. The van der Waals surface area contributed by atoms with Gasteiger partial charge in [-0.15, -0.1) is 0 Å². The number of pyridine rings is 1. The zero-order chi connectivity index (χ0) is 9.14. The van der Waals surface area contributed by atoms with Gasteiger partial charge in [0.05, 0.1) is 0 Å². The Kier molecular flexibility index (Phi) is 2.74. The summed E-state index contributed by atoms with van der Waals surface area (Å²) in [7, 11) is 0. The van der Waals surface area contributed by atoms with Crippen LogP contribution >= 0.6 is 0 Å². The second kappa shape index (κ2) is 3.61. The van der Waals surface area contributed by atoms with Gasteiger partial charge in [-0.1, -0.05) is 6.92 Å².